The van der Waals surface area contributed by atoms with Gasteiger partial charge in [-0.1, -0.05) is 42.5 Å². The average molecular weight is 406 g/mol. The van der Waals surface area contributed by atoms with Gasteiger partial charge in [-0.25, -0.2) is 0 Å². The molecular weight excluding hydrogens is 381 g/mol. The minimum atomic E-state index is -4.80. The molecule has 29 heavy (non-hydrogen) atoms. The van der Waals surface area contributed by atoms with Gasteiger partial charge in [0.2, 0.25) is 5.91 Å². The Morgan fingerprint density at radius 3 is 2.38 bits per heavy atom. The first-order valence-electron chi connectivity index (χ1n) is 9.80. The van der Waals surface area contributed by atoms with Crippen LogP contribution in [0.1, 0.15) is 24.8 Å². The molecule has 0 spiro atoms. The van der Waals surface area contributed by atoms with Crippen LogP contribution in [-0.2, 0) is 11.2 Å². The van der Waals surface area contributed by atoms with Crippen molar-refractivity contribution in [3.8, 4) is 5.75 Å². The Morgan fingerprint density at radius 2 is 1.69 bits per heavy atom. The van der Waals surface area contributed by atoms with E-state index in [9.17, 15) is 18.0 Å². The van der Waals surface area contributed by atoms with Crippen molar-refractivity contribution in [3.63, 3.8) is 0 Å². The SMILES string of the molecule is O=C(CC1CCN(CCc2ccccc2)CC1)Nc1ccccc1OC(F)(F)F. The van der Waals surface area contributed by atoms with Crippen molar-refractivity contribution >= 4 is 11.6 Å². The molecule has 0 atom stereocenters. The first-order valence-corrected chi connectivity index (χ1v) is 9.80. The van der Waals surface area contributed by atoms with Crippen LogP contribution >= 0.6 is 0 Å². The van der Waals surface area contributed by atoms with E-state index < -0.39 is 12.1 Å². The topological polar surface area (TPSA) is 41.6 Å². The molecule has 1 aliphatic heterocycles. The van der Waals surface area contributed by atoms with Crippen LogP contribution < -0.4 is 10.1 Å². The van der Waals surface area contributed by atoms with Crippen LogP contribution in [-0.4, -0.2) is 36.8 Å². The summed E-state index contributed by atoms with van der Waals surface area (Å²) >= 11 is 0. The van der Waals surface area contributed by atoms with Crippen LogP contribution in [0, 0.1) is 5.92 Å². The second kappa shape index (κ2) is 9.78. The lowest BCUT2D eigenvalue weighted by molar-refractivity contribution is -0.274. The van der Waals surface area contributed by atoms with E-state index in [1.54, 1.807) is 6.07 Å². The third-order valence-corrected chi connectivity index (χ3v) is 5.13. The van der Waals surface area contributed by atoms with E-state index in [1.165, 1.54) is 23.8 Å². The zero-order chi connectivity index (χ0) is 20.7. The lowest BCUT2D eigenvalue weighted by Gasteiger charge is -2.31. The summed E-state index contributed by atoms with van der Waals surface area (Å²) in [4.78, 5) is 14.7. The highest BCUT2D eigenvalue weighted by atomic mass is 19.4. The van der Waals surface area contributed by atoms with Gasteiger partial charge in [-0.05, 0) is 56.0 Å². The molecule has 2 aromatic rings. The van der Waals surface area contributed by atoms with Gasteiger partial charge in [0.15, 0.2) is 5.75 Å². The smallest absolute Gasteiger partial charge is 0.404 e. The van der Waals surface area contributed by atoms with Gasteiger partial charge in [-0.2, -0.15) is 0 Å². The number of nitrogens with zero attached hydrogens (tertiary/aromatic N) is 1. The van der Waals surface area contributed by atoms with Crippen LogP contribution in [0.3, 0.4) is 0 Å². The van der Waals surface area contributed by atoms with Crippen molar-refractivity contribution in [2.75, 3.05) is 25.0 Å². The maximum Gasteiger partial charge on any atom is 0.573 e. The second-order valence-electron chi connectivity index (χ2n) is 7.32. The molecule has 1 heterocycles. The maximum atomic E-state index is 12.5. The fraction of sp³-hybridized carbons (Fsp3) is 0.409. The molecule has 0 radical (unpaired) electrons. The van der Waals surface area contributed by atoms with Crippen LogP contribution in [0.4, 0.5) is 18.9 Å². The predicted octanol–water partition coefficient (Wildman–Crippen LogP) is 4.87. The van der Waals surface area contributed by atoms with Crippen LogP contribution in [0.15, 0.2) is 54.6 Å². The highest BCUT2D eigenvalue weighted by molar-refractivity contribution is 5.92. The second-order valence-corrected chi connectivity index (χ2v) is 7.32. The number of nitrogens with one attached hydrogen (secondary N) is 1. The number of amides is 1. The van der Waals surface area contributed by atoms with E-state index in [4.69, 9.17) is 0 Å². The number of alkyl halides is 3. The van der Waals surface area contributed by atoms with Crippen molar-refractivity contribution in [1.29, 1.82) is 0 Å². The molecule has 2 aromatic carbocycles. The number of piperidine rings is 1. The summed E-state index contributed by atoms with van der Waals surface area (Å²) in [6, 6.07) is 15.9. The number of benzene rings is 2. The minimum Gasteiger partial charge on any atom is -0.404 e. The number of anilines is 1. The third kappa shape index (κ3) is 7.09. The molecule has 1 amide bonds. The fourth-order valence-electron chi connectivity index (χ4n) is 3.59. The van der Waals surface area contributed by atoms with Crippen LogP contribution in [0.5, 0.6) is 5.75 Å². The molecule has 3 rings (SSSR count). The van der Waals surface area contributed by atoms with Gasteiger partial charge >= 0.3 is 6.36 Å². The number of halogens is 3. The molecule has 1 fully saturated rings. The lowest BCUT2D eigenvalue weighted by atomic mass is 9.93. The van der Waals surface area contributed by atoms with E-state index in [2.05, 4.69) is 27.1 Å². The largest absolute Gasteiger partial charge is 0.573 e. The van der Waals surface area contributed by atoms with E-state index in [-0.39, 0.29) is 17.5 Å². The van der Waals surface area contributed by atoms with Gasteiger partial charge in [-0.15, -0.1) is 13.2 Å². The van der Waals surface area contributed by atoms with Gasteiger partial charge in [0.25, 0.3) is 0 Å². The third-order valence-electron chi connectivity index (χ3n) is 5.13. The summed E-state index contributed by atoms with van der Waals surface area (Å²) < 4.78 is 41.5. The minimum absolute atomic E-state index is 0.0372. The molecule has 0 aliphatic carbocycles. The molecule has 1 N–H and O–H groups in total. The Hall–Kier alpha value is -2.54. The number of likely N-dealkylation sites (tertiary alicyclic amines) is 1. The molecule has 0 aromatic heterocycles. The molecular formula is C22H25F3N2O2. The van der Waals surface area contributed by atoms with Gasteiger partial charge in [0, 0.05) is 13.0 Å². The normalized spacial score (nSPS) is 15.8. The molecule has 156 valence electrons. The molecule has 1 saturated heterocycles. The van der Waals surface area contributed by atoms with E-state index in [0.29, 0.717) is 6.42 Å². The highest BCUT2D eigenvalue weighted by Gasteiger charge is 2.32. The van der Waals surface area contributed by atoms with E-state index >= 15 is 0 Å². The monoisotopic (exact) mass is 406 g/mol. The number of carbonyl (C=O) groups excluding carboxylic acids is 1. The summed E-state index contributed by atoms with van der Waals surface area (Å²) in [6.07, 6.45) is -1.69. The first kappa shape index (κ1) is 21.2. The number of hydrogen-bond donors (Lipinski definition) is 1. The standard InChI is InChI=1S/C22H25F3N2O2/c23-22(24,25)29-20-9-5-4-8-19(20)26-21(28)16-18-11-14-27(15-12-18)13-10-17-6-2-1-3-7-17/h1-9,18H,10-16H2,(H,26,28). The molecule has 4 nitrogen and oxygen atoms in total. The van der Waals surface area contributed by atoms with Crippen molar-refractivity contribution in [2.45, 2.75) is 32.0 Å². The maximum absolute atomic E-state index is 12.5. The number of rotatable bonds is 7. The van der Waals surface area contributed by atoms with E-state index in [0.717, 1.165) is 38.9 Å². The van der Waals surface area contributed by atoms with Crippen molar-refractivity contribution in [3.05, 3.63) is 60.2 Å². The average Bonchev–Trinajstić information content (AvgIpc) is 2.69. The Balaban J connectivity index is 1.43. The summed E-state index contributed by atoms with van der Waals surface area (Å²) in [5.41, 5.74) is 1.35. The van der Waals surface area contributed by atoms with Gasteiger partial charge < -0.3 is 15.0 Å². The quantitative estimate of drug-likeness (QED) is 0.713. The lowest BCUT2D eigenvalue weighted by Crippen LogP contribution is -2.36. The van der Waals surface area contributed by atoms with Crippen molar-refractivity contribution in [2.24, 2.45) is 5.92 Å². The van der Waals surface area contributed by atoms with Gasteiger partial charge in [0.05, 0.1) is 5.69 Å². The molecule has 0 unspecified atom stereocenters. The van der Waals surface area contributed by atoms with E-state index in [1.807, 2.05) is 18.2 Å². The first-order chi connectivity index (χ1) is 13.9. The Kier molecular flexibility index (Phi) is 7.14. The summed E-state index contributed by atoms with van der Waals surface area (Å²) in [7, 11) is 0. The molecule has 0 saturated carbocycles. The van der Waals surface area contributed by atoms with Crippen molar-refractivity contribution < 1.29 is 22.7 Å². The zero-order valence-corrected chi connectivity index (χ0v) is 16.1. The Bertz CT molecular complexity index is 788. The highest BCUT2D eigenvalue weighted by Crippen LogP contribution is 2.30. The fourth-order valence-corrected chi connectivity index (χ4v) is 3.59. The summed E-state index contributed by atoms with van der Waals surface area (Å²) in [5.74, 6) is -0.450. The number of para-hydroxylation sites is 2. The number of carbonyl (C=O) groups is 1. The van der Waals surface area contributed by atoms with Gasteiger partial charge in [-0.3, -0.25) is 4.79 Å². The predicted molar refractivity (Wildman–Crippen MR) is 106 cm³/mol. The van der Waals surface area contributed by atoms with Crippen LogP contribution in [0.25, 0.3) is 0 Å². The number of hydrogen-bond acceptors (Lipinski definition) is 3. The zero-order valence-electron chi connectivity index (χ0n) is 16.1. The number of ether oxygens (including phenoxy) is 1. The molecule has 7 heteroatoms. The molecule has 0 bridgehead atoms. The molecule has 1 aliphatic rings. The Morgan fingerprint density at radius 1 is 1.03 bits per heavy atom. The van der Waals surface area contributed by atoms with Crippen molar-refractivity contribution in [1.82, 2.24) is 4.90 Å². The Labute approximate surface area is 168 Å². The summed E-state index contributed by atoms with van der Waals surface area (Å²) in [5, 5.41) is 2.56. The van der Waals surface area contributed by atoms with Crippen LogP contribution in [0.2, 0.25) is 0 Å². The van der Waals surface area contributed by atoms with Gasteiger partial charge in [0.1, 0.15) is 0 Å². The summed E-state index contributed by atoms with van der Waals surface area (Å²) in [6.45, 7) is 2.85.